The molecule has 10 fully saturated rings. The molecule has 25 rings (SSSR count). The van der Waals surface area contributed by atoms with Crippen molar-refractivity contribution in [1.29, 1.82) is 0 Å². The molecule has 0 radical (unpaired) electrons. The molecule has 3 spiro atoms. The van der Waals surface area contributed by atoms with E-state index in [0.29, 0.717) is 46.5 Å². The molecule has 0 amide bonds. The molecule has 9 saturated carbocycles. The molecule has 4 aromatic heterocycles. The molecular weight excluding hydrogens is 1430 g/mol. The van der Waals surface area contributed by atoms with Gasteiger partial charge in [0.05, 0.1) is 5.69 Å². The zero-order chi connectivity index (χ0) is 81.0. The van der Waals surface area contributed by atoms with E-state index in [0.717, 1.165) is 64.3 Å². The third-order valence-corrected chi connectivity index (χ3v) is 33.4. The third-order valence-electron chi connectivity index (χ3n) is 33.4. The maximum Gasteiger partial charge on any atom is 0.158 e. The highest BCUT2D eigenvalue weighted by atomic mass is 16.3. The second kappa shape index (κ2) is 29.4. The van der Waals surface area contributed by atoms with E-state index in [9.17, 15) is 0 Å². The van der Waals surface area contributed by atoms with Crippen LogP contribution in [0.25, 0.3) is 21.9 Å². The van der Waals surface area contributed by atoms with Crippen LogP contribution in [0, 0.1) is 87.4 Å². The van der Waals surface area contributed by atoms with Crippen LogP contribution in [0.3, 0.4) is 0 Å². The van der Waals surface area contributed by atoms with Crippen LogP contribution in [0.5, 0.6) is 0 Å². The van der Waals surface area contributed by atoms with Crippen molar-refractivity contribution >= 4 is 73.5 Å². The third kappa shape index (κ3) is 12.1. The number of pyridine rings is 3. The van der Waals surface area contributed by atoms with Crippen LogP contribution in [0.1, 0.15) is 229 Å². The number of nitrogens with zero attached hydrogens (tertiary/aromatic N) is 8. The lowest BCUT2D eigenvalue weighted by molar-refractivity contribution is -0.0655. The molecule has 9 heterocycles. The van der Waals surface area contributed by atoms with Gasteiger partial charge in [-0.2, -0.15) is 0 Å². The van der Waals surface area contributed by atoms with E-state index in [2.05, 4.69) is 322 Å². The summed E-state index contributed by atoms with van der Waals surface area (Å²) in [6.07, 6.45) is 28.4. The topological polar surface area (TPSA) is 68.0 Å². The fourth-order valence-corrected chi connectivity index (χ4v) is 28.3. The number of aryl methyl sites for hydroxylation is 5. The number of anilines is 9. The van der Waals surface area contributed by atoms with Gasteiger partial charge in [0.25, 0.3) is 0 Å². The molecule has 5 unspecified atom stereocenters. The van der Waals surface area contributed by atoms with E-state index in [-0.39, 0.29) is 16.4 Å². The largest absolute Gasteiger partial charge is 0.454 e. The molecule has 9 heteroatoms. The number of rotatable bonds is 5. The summed E-state index contributed by atoms with van der Waals surface area (Å²) in [7, 11) is 0. The fraction of sp³-hybridized carbons (Fsp3) is 0.472. The van der Waals surface area contributed by atoms with Crippen molar-refractivity contribution < 1.29 is 4.42 Å². The standard InChI is InChI=1S/C25H29N.C24H28N2.C22H27NO.C20H24N2.C17H20N2/c1-16-7-3-5-9-23(16)26-17(2)25(22-8-4-6-10-24(22)26)20-12-18-11-19(14-20)15-21(25)13-18;1-15-6-3-4-8-22(15)26-16(2)24(21-7-5-9-25-23(21)26)19-11-17-10-18(13-19)14-20(24)12-17;1-14-11-12-17-16-9-7-8-10-18(16)24-20(17)19(14)23-15(2)21(3,4)13-22(23,5)6;1-15-9-4-5-11-18(15)22-16(2)20(12-6-3-7-13-20)17-10-8-14-21-19(17)22;1-12-8-5-6-10-15(12)19-13(2)17(3,4)14-9-7-11-18-16(14)19/h3-10,17-21H,11-15H2,1-2H3;3-9,16-20H,10-14H2,1-2H3;7-12,15H,13H2,1-6H3;4-5,8-11,14,16H,3,6-7,12-13H2,1-2H3;5-11,13H,1-4H3. The number of benzene rings is 7. The Bertz CT molecular complexity index is 5340. The minimum absolute atomic E-state index is 0.112. The summed E-state index contributed by atoms with van der Waals surface area (Å²) in [6.45, 7) is 37.3. The van der Waals surface area contributed by atoms with Crippen molar-refractivity contribution in [2.75, 3.05) is 24.5 Å². The van der Waals surface area contributed by atoms with Crippen LogP contribution in [-0.4, -0.2) is 50.7 Å². The summed E-state index contributed by atoms with van der Waals surface area (Å²) in [5.74, 6) is 11.1. The smallest absolute Gasteiger partial charge is 0.158 e. The van der Waals surface area contributed by atoms with E-state index in [1.165, 1.54) is 198 Å². The van der Waals surface area contributed by atoms with Gasteiger partial charge in [0.15, 0.2) is 5.58 Å². The van der Waals surface area contributed by atoms with Gasteiger partial charge in [-0.05, 0) is 307 Å². The van der Waals surface area contributed by atoms with Crippen molar-refractivity contribution in [3.63, 3.8) is 0 Å². The maximum atomic E-state index is 6.34. The van der Waals surface area contributed by atoms with Gasteiger partial charge in [-0.1, -0.05) is 186 Å². The molecule has 9 nitrogen and oxygen atoms in total. The van der Waals surface area contributed by atoms with Crippen molar-refractivity contribution in [3.8, 4) is 0 Å². The maximum absolute atomic E-state index is 6.34. The molecule has 0 N–H and O–H groups in total. The van der Waals surface area contributed by atoms with Crippen LogP contribution in [0.15, 0.2) is 217 Å². The Kier molecular flexibility index (Phi) is 19.5. The zero-order valence-corrected chi connectivity index (χ0v) is 73.0. The zero-order valence-electron chi connectivity index (χ0n) is 73.0. The first-order chi connectivity index (χ1) is 56.4. The van der Waals surface area contributed by atoms with Crippen LogP contribution >= 0.6 is 0 Å². The van der Waals surface area contributed by atoms with Crippen LogP contribution < -0.4 is 24.5 Å². The summed E-state index contributed by atoms with van der Waals surface area (Å²) in [5.41, 5.74) is 24.3. The molecule has 9 aliphatic carbocycles. The lowest BCUT2D eigenvalue weighted by atomic mass is 9.42. The normalized spacial score (nSPS) is 29.8. The highest BCUT2D eigenvalue weighted by Gasteiger charge is 2.67. The first-order valence-corrected chi connectivity index (χ1v) is 45.4. The van der Waals surface area contributed by atoms with Crippen LogP contribution in [0.2, 0.25) is 0 Å². The Morgan fingerprint density at radius 3 is 1.22 bits per heavy atom. The van der Waals surface area contributed by atoms with E-state index < -0.39 is 0 Å². The lowest BCUT2D eigenvalue weighted by Gasteiger charge is -2.62. The fourth-order valence-electron chi connectivity index (χ4n) is 28.3. The van der Waals surface area contributed by atoms with Crippen molar-refractivity contribution in [2.24, 2.45) is 52.8 Å². The second-order valence-corrected chi connectivity index (χ2v) is 40.6. The molecule has 8 bridgehead atoms. The second-order valence-electron chi connectivity index (χ2n) is 40.6. The van der Waals surface area contributed by atoms with Crippen molar-refractivity contribution in [2.45, 2.75) is 271 Å². The summed E-state index contributed by atoms with van der Waals surface area (Å²) >= 11 is 0. The lowest BCUT2D eigenvalue weighted by Crippen LogP contribution is -2.60. The number of fused-ring (bicyclic) bond motifs is 8. The highest BCUT2D eigenvalue weighted by Crippen LogP contribution is 2.71. The minimum atomic E-state index is 0.112. The molecular formula is C108H128N8O. The van der Waals surface area contributed by atoms with E-state index in [4.69, 9.17) is 14.4 Å². The highest BCUT2D eigenvalue weighted by molar-refractivity contribution is 6.09. The summed E-state index contributed by atoms with van der Waals surface area (Å²) in [4.78, 5) is 27.1. The molecule has 5 atom stereocenters. The first kappa shape index (κ1) is 77.7. The number of hydrogen-bond acceptors (Lipinski definition) is 9. The number of aromatic nitrogens is 3. The van der Waals surface area contributed by atoms with Crippen molar-refractivity contribution in [3.05, 3.63) is 263 Å². The Morgan fingerprint density at radius 2 is 0.726 bits per heavy atom. The monoisotopic (exact) mass is 1550 g/mol. The summed E-state index contributed by atoms with van der Waals surface area (Å²) < 4.78 is 6.34. The van der Waals surface area contributed by atoms with Crippen LogP contribution in [-0.2, 0) is 21.7 Å². The number of para-hydroxylation sites is 6. The molecule has 1 saturated heterocycles. The van der Waals surface area contributed by atoms with E-state index >= 15 is 0 Å². The summed E-state index contributed by atoms with van der Waals surface area (Å²) in [5, 5.41) is 2.43. The van der Waals surface area contributed by atoms with Gasteiger partial charge in [-0.25, -0.2) is 15.0 Å². The molecule has 7 aromatic carbocycles. The molecule has 5 aliphatic heterocycles. The van der Waals surface area contributed by atoms with Gasteiger partial charge in [0, 0.05) is 132 Å². The van der Waals surface area contributed by atoms with Gasteiger partial charge in [-0.3, -0.25) is 0 Å². The van der Waals surface area contributed by atoms with Crippen LogP contribution in [0.4, 0.5) is 51.6 Å². The number of hydrogen-bond donors (Lipinski definition) is 0. The van der Waals surface area contributed by atoms with Crippen molar-refractivity contribution in [1.82, 2.24) is 15.0 Å². The predicted octanol–water partition coefficient (Wildman–Crippen LogP) is 27.5. The quantitative estimate of drug-likeness (QED) is 0.168. The molecule has 117 heavy (non-hydrogen) atoms. The van der Waals surface area contributed by atoms with Gasteiger partial charge in [-0.15, -0.1) is 0 Å². The van der Waals surface area contributed by atoms with E-state index in [1.807, 2.05) is 30.7 Å². The van der Waals surface area contributed by atoms with Gasteiger partial charge >= 0.3 is 0 Å². The number of furan rings is 1. The molecule has 11 aromatic rings. The van der Waals surface area contributed by atoms with Gasteiger partial charge in [0.1, 0.15) is 23.0 Å². The molecule has 606 valence electrons. The minimum Gasteiger partial charge on any atom is -0.454 e. The summed E-state index contributed by atoms with van der Waals surface area (Å²) in [6, 6.07) is 73.0. The predicted molar refractivity (Wildman–Crippen MR) is 488 cm³/mol. The molecule has 14 aliphatic rings. The van der Waals surface area contributed by atoms with E-state index in [1.54, 1.807) is 11.1 Å². The average Bonchev–Trinajstić information content (AvgIpc) is 1.55. The van der Waals surface area contributed by atoms with Gasteiger partial charge in [0.2, 0.25) is 0 Å². The average molecular weight is 1550 g/mol. The Labute approximate surface area is 699 Å². The SMILES string of the molecule is Cc1ccc2c(oc3ccccc32)c1N1C(C)C(C)(C)CC1(C)C.Cc1ccccc1N1c2ccccc2C2(C3CC4CC(C3)CC2C4)C1C.Cc1ccccc1N1c2ncccc2C(C)(C)C1C.Cc1ccccc1N1c2ncccc2C2(C3CC4CC(C3)CC2C4)C1C.Cc1ccccc1N1c2ncccc2C2(CCCCC2)C1C. The Balaban J connectivity index is 0.0000000978. The Hall–Kier alpha value is -9.21. The first-order valence-electron chi connectivity index (χ1n) is 45.4. The van der Waals surface area contributed by atoms with Gasteiger partial charge < -0.3 is 28.9 Å². The Morgan fingerprint density at radius 1 is 0.333 bits per heavy atom.